The molecule has 1 aromatic heterocycles. The number of pyridine rings is 1. The topological polar surface area (TPSA) is 119 Å². The Morgan fingerprint density at radius 2 is 1.88 bits per heavy atom. The van der Waals surface area contributed by atoms with Crippen LogP contribution in [0, 0.1) is 11.3 Å². The number of nitrogens with one attached hydrogen (secondary N) is 2. The van der Waals surface area contributed by atoms with Gasteiger partial charge in [0.15, 0.2) is 0 Å². The molecule has 1 aliphatic heterocycles. The van der Waals surface area contributed by atoms with E-state index in [-0.39, 0.29) is 24.8 Å². The number of fused-ring (bicyclic) bond motifs is 1. The Morgan fingerprint density at radius 3 is 2.48 bits per heavy atom. The summed E-state index contributed by atoms with van der Waals surface area (Å²) in [6.45, 7) is 17.0. The molecule has 3 rings (SSSR count). The monoisotopic (exact) mass is 602 g/mol. The van der Waals surface area contributed by atoms with Crippen molar-refractivity contribution in [2.24, 2.45) is 11.3 Å². The summed E-state index contributed by atoms with van der Waals surface area (Å²) in [5, 5.41) is 7.40. The second-order valence-corrected chi connectivity index (χ2v) is 13.1. The average molecular weight is 603 g/mol. The molecule has 42 heavy (non-hydrogen) atoms. The van der Waals surface area contributed by atoms with Crippen LogP contribution in [0.15, 0.2) is 37.1 Å². The zero-order chi connectivity index (χ0) is 31.4. The SMILES string of the molecule is C=C[C@H](C)CNC(=O)[C@@H]1C[C@@H](Oc2ccc3c(OC)cnc(Cl)c3c2)CN1C(=O)[C@@H](NC(=O)OC(C)(C)C)C(C)(C)C. The largest absolute Gasteiger partial charge is 0.494 e. The first-order valence-corrected chi connectivity index (χ1v) is 14.4. The fourth-order valence-corrected chi connectivity index (χ4v) is 4.87. The third-order valence-corrected chi connectivity index (χ3v) is 7.22. The zero-order valence-corrected chi connectivity index (χ0v) is 26.5. The summed E-state index contributed by atoms with van der Waals surface area (Å²) in [7, 11) is 1.56. The Kier molecular flexibility index (Phi) is 10.4. The molecule has 10 nitrogen and oxygen atoms in total. The molecule has 2 N–H and O–H groups in total. The normalized spacial score (nSPS) is 18.6. The number of hydrogen-bond acceptors (Lipinski definition) is 7. The van der Waals surface area contributed by atoms with Crippen molar-refractivity contribution in [2.75, 3.05) is 20.2 Å². The number of ether oxygens (including phenoxy) is 3. The Bertz CT molecular complexity index is 1320. The third kappa shape index (κ3) is 8.27. The van der Waals surface area contributed by atoms with Crippen LogP contribution in [0.1, 0.15) is 54.9 Å². The van der Waals surface area contributed by atoms with E-state index in [0.717, 1.165) is 5.39 Å². The molecule has 1 aromatic carbocycles. The highest BCUT2D eigenvalue weighted by molar-refractivity contribution is 6.34. The average Bonchev–Trinajstić information content (AvgIpc) is 3.32. The van der Waals surface area contributed by atoms with Gasteiger partial charge in [-0.05, 0) is 50.3 Å². The fraction of sp³-hybridized carbons (Fsp3) is 0.548. The Hall–Kier alpha value is -3.53. The minimum Gasteiger partial charge on any atom is -0.494 e. The number of carbonyl (C=O) groups excluding carboxylic acids is 3. The molecule has 1 fully saturated rings. The van der Waals surface area contributed by atoms with Gasteiger partial charge in [-0.15, -0.1) is 6.58 Å². The van der Waals surface area contributed by atoms with E-state index in [1.807, 2.05) is 33.8 Å². The molecule has 0 saturated carbocycles. The van der Waals surface area contributed by atoms with E-state index in [2.05, 4.69) is 22.2 Å². The van der Waals surface area contributed by atoms with E-state index in [4.69, 9.17) is 25.8 Å². The molecule has 1 aliphatic rings. The fourth-order valence-electron chi connectivity index (χ4n) is 4.67. The number of amides is 3. The molecule has 0 aliphatic carbocycles. The van der Waals surface area contributed by atoms with Crippen molar-refractivity contribution in [3.05, 3.63) is 42.2 Å². The molecule has 1 saturated heterocycles. The molecule has 0 bridgehead atoms. The number of likely N-dealkylation sites (tertiary alicyclic amines) is 1. The van der Waals surface area contributed by atoms with E-state index >= 15 is 0 Å². The number of methoxy groups -OCH3 is 1. The second-order valence-electron chi connectivity index (χ2n) is 12.7. The van der Waals surface area contributed by atoms with Gasteiger partial charge < -0.3 is 29.7 Å². The lowest BCUT2D eigenvalue weighted by Gasteiger charge is -2.35. The van der Waals surface area contributed by atoms with Gasteiger partial charge in [0, 0.05) is 23.7 Å². The number of benzene rings is 1. The van der Waals surface area contributed by atoms with Crippen molar-refractivity contribution in [1.29, 1.82) is 0 Å². The van der Waals surface area contributed by atoms with Crippen molar-refractivity contribution >= 4 is 40.3 Å². The number of carbonyl (C=O) groups is 3. The highest BCUT2D eigenvalue weighted by atomic mass is 35.5. The Balaban J connectivity index is 1.89. The predicted octanol–water partition coefficient (Wildman–Crippen LogP) is 5.12. The standard InChI is InChI=1S/C31H43ClN4O6/c1-10-18(2)15-34-27(37)23-14-20(41-19-11-12-21-22(13-19)26(32)33-16-24(21)40-9)17-36(23)28(38)25(30(3,4)5)35-29(39)42-31(6,7)8/h10-13,16,18,20,23,25H,1,14-15,17H2,2-9H3,(H,34,37)(H,35,39)/t18-,20+,23-,25+/m0/s1. The molecule has 11 heteroatoms. The van der Waals surface area contributed by atoms with Crippen LogP contribution in [0.25, 0.3) is 10.8 Å². The number of aromatic nitrogens is 1. The van der Waals surface area contributed by atoms with Crippen LogP contribution in [0.2, 0.25) is 5.15 Å². The maximum atomic E-state index is 14.1. The number of rotatable bonds is 9. The molecule has 0 unspecified atom stereocenters. The van der Waals surface area contributed by atoms with Crippen LogP contribution in [0.5, 0.6) is 11.5 Å². The lowest BCUT2D eigenvalue weighted by Crippen LogP contribution is -2.58. The molecule has 0 spiro atoms. The van der Waals surface area contributed by atoms with Gasteiger partial charge in [0.1, 0.15) is 40.4 Å². The van der Waals surface area contributed by atoms with Gasteiger partial charge >= 0.3 is 6.09 Å². The summed E-state index contributed by atoms with van der Waals surface area (Å²) in [5.41, 5.74) is -1.42. The predicted molar refractivity (Wildman–Crippen MR) is 163 cm³/mol. The van der Waals surface area contributed by atoms with Crippen molar-refractivity contribution in [1.82, 2.24) is 20.5 Å². The first-order valence-electron chi connectivity index (χ1n) is 14.0. The van der Waals surface area contributed by atoms with E-state index in [0.29, 0.717) is 28.6 Å². The van der Waals surface area contributed by atoms with Crippen molar-refractivity contribution < 1.29 is 28.6 Å². The molecular formula is C31H43ClN4O6. The summed E-state index contributed by atoms with van der Waals surface area (Å²) in [6.07, 6.45) is 2.35. The zero-order valence-electron chi connectivity index (χ0n) is 25.7. The molecule has 3 amide bonds. The van der Waals surface area contributed by atoms with Crippen LogP contribution in [0.3, 0.4) is 0 Å². The summed E-state index contributed by atoms with van der Waals surface area (Å²) >= 11 is 6.36. The molecule has 2 aromatic rings. The smallest absolute Gasteiger partial charge is 0.408 e. The van der Waals surface area contributed by atoms with Crippen LogP contribution in [-0.4, -0.2) is 71.8 Å². The van der Waals surface area contributed by atoms with E-state index < -0.39 is 41.2 Å². The maximum absolute atomic E-state index is 14.1. The van der Waals surface area contributed by atoms with Gasteiger partial charge in [-0.2, -0.15) is 0 Å². The highest BCUT2D eigenvalue weighted by Gasteiger charge is 2.46. The maximum Gasteiger partial charge on any atom is 0.408 e. The van der Waals surface area contributed by atoms with E-state index in [1.165, 1.54) is 4.90 Å². The molecular weight excluding hydrogens is 560 g/mol. The summed E-state index contributed by atoms with van der Waals surface area (Å²) in [6, 6.07) is 3.62. The summed E-state index contributed by atoms with van der Waals surface area (Å²) in [4.78, 5) is 45.8. The van der Waals surface area contributed by atoms with Crippen LogP contribution < -0.4 is 20.1 Å². The molecule has 0 radical (unpaired) electrons. The number of hydrogen-bond donors (Lipinski definition) is 2. The summed E-state index contributed by atoms with van der Waals surface area (Å²) in [5.74, 6) is 0.443. The van der Waals surface area contributed by atoms with Gasteiger partial charge in [-0.1, -0.05) is 45.4 Å². The Morgan fingerprint density at radius 1 is 1.19 bits per heavy atom. The van der Waals surface area contributed by atoms with Gasteiger partial charge in [-0.25, -0.2) is 9.78 Å². The van der Waals surface area contributed by atoms with E-state index in [1.54, 1.807) is 52.3 Å². The van der Waals surface area contributed by atoms with Crippen LogP contribution in [-0.2, 0) is 14.3 Å². The number of nitrogens with zero attached hydrogens (tertiary/aromatic N) is 2. The second kappa shape index (κ2) is 13.2. The lowest BCUT2D eigenvalue weighted by atomic mass is 9.85. The third-order valence-electron chi connectivity index (χ3n) is 6.92. The first-order chi connectivity index (χ1) is 19.5. The van der Waals surface area contributed by atoms with Gasteiger partial charge in [-0.3, -0.25) is 9.59 Å². The molecule has 4 atom stereocenters. The summed E-state index contributed by atoms with van der Waals surface area (Å²) < 4.78 is 17.1. The van der Waals surface area contributed by atoms with Crippen molar-refractivity contribution in [3.63, 3.8) is 0 Å². The minimum atomic E-state index is -0.952. The molecule has 230 valence electrons. The number of halogens is 1. The lowest BCUT2D eigenvalue weighted by molar-refractivity contribution is -0.142. The Labute approximate surface area is 253 Å². The first kappa shape index (κ1) is 33.0. The van der Waals surface area contributed by atoms with Crippen molar-refractivity contribution in [2.45, 2.75) is 78.7 Å². The quantitative estimate of drug-likeness (QED) is 0.302. The van der Waals surface area contributed by atoms with E-state index in [9.17, 15) is 14.4 Å². The van der Waals surface area contributed by atoms with Crippen molar-refractivity contribution in [3.8, 4) is 11.5 Å². The van der Waals surface area contributed by atoms with Gasteiger partial charge in [0.05, 0.1) is 19.9 Å². The van der Waals surface area contributed by atoms with Crippen LogP contribution >= 0.6 is 11.6 Å². The minimum absolute atomic E-state index is 0.0515. The van der Waals surface area contributed by atoms with Gasteiger partial charge in [0.25, 0.3) is 0 Å². The van der Waals surface area contributed by atoms with Gasteiger partial charge in [0.2, 0.25) is 11.8 Å². The molecule has 2 heterocycles. The highest BCUT2D eigenvalue weighted by Crippen LogP contribution is 2.34. The van der Waals surface area contributed by atoms with Crippen LogP contribution in [0.4, 0.5) is 4.79 Å². The number of alkyl carbamates (subject to hydrolysis) is 1.